The van der Waals surface area contributed by atoms with Crippen LogP contribution < -0.4 is 10.2 Å². The minimum atomic E-state index is -4.47. The van der Waals surface area contributed by atoms with Gasteiger partial charge in [-0.15, -0.1) is 0 Å². The minimum absolute atomic E-state index is 0.108. The molecule has 0 spiro atoms. The van der Waals surface area contributed by atoms with Gasteiger partial charge in [-0.3, -0.25) is 14.0 Å². The standard InChI is InChI=1S/C25H22F3N5O3/c1-32(2)23-19(14-21(34)35)22-29-11-12-33(22)20(31-23)13-15-3-9-18(10-4-15)30-24(36)16-5-7-17(8-6-16)25(26,27)28/h3-12H,13-14H2,1-2H3,(H,30,36)(H,34,35). The Labute approximate surface area is 204 Å². The van der Waals surface area contributed by atoms with Gasteiger partial charge in [-0.05, 0) is 42.0 Å². The number of carbonyl (C=O) groups is 2. The van der Waals surface area contributed by atoms with Gasteiger partial charge in [-0.2, -0.15) is 13.2 Å². The van der Waals surface area contributed by atoms with E-state index in [1.54, 1.807) is 60.1 Å². The van der Waals surface area contributed by atoms with Crippen LogP contribution in [0.4, 0.5) is 24.7 Å². The number of amides is 1. The molecule has 0 radical (unpaired) electrons. The van der Waals surface area contributed by atoms with Crippen molar-refractivity contribution in [1.29, 1.82) is 0 Å². The van der Waals surface area contributed by atoms with Crippen molar-refractivity contribution in [2.75, 3.05) is 24.3 Å². The number of carboxylic acid groups (broad SMARTS) is 1. The van der Waals surface area contributed by atoms with E-state index < -0.39 is 23.6 Å². The largest absolute Gasteiger partial charge is 0.481 e. The molecule has 0 aliphatic carbocycles. The molecule has 0 fully saturated rings. The highest BCUT2D eigenvalue weighted by Gasteiger charge is 2.30. The van der Waals surface area contributed by atoms with E-state index in [1.165, 1.54) is 0 Å². The molecule has 4 aromatic rings. The maximum absolute atomic E-state index is 12.7. The first-order valence-corrected chi connectivity index (χ1v) is 10.8. The number of imidazole rings is 1. The van der Waals surface area contributed by atoms with Crippen LogP contribution in [0.25, 0.3) is 5.65 Å². The Hall–Kier alpha value is -4.41. The summed E-state index contributed by atoms with van der Waals surface area (Å²) in [6.45, 7) is 0. The molecular formula is C25H22F3N5O3. The summed E-state index contributed by atoms with van der Waals surface area (Å²) in [7, 11) is 3.57. The summed E-state index contributed by atoms with van der Waals surface area (Å²) in [5.74, 6) is -0.331. The zero-order valence-corrected chi connectivity index (χ0v) is 19.4. The second-order valence-electron chi connectivity index (χ2n) is 8.32. The number of carbonyl (C=O) groups excluding carboxylic acids is 1. The molecule has 1 amide bonds. The Kier molecular flexibility index (Phi) is 6.65. The van der Waals surface area contributed by atoms with E-state index in [9.17, 15) is 27.9 Å². The Bertz CT molecular complexity index is 1410. The first kappa shape index (κ1) is 24.7. The van der Waals surface area contributed by atoms with Gasteiger partial charge in [-0.25, -0.2) is 9.97 Å². The third-order valence-corrected chi connectivity index (χ3v) is 5.49. The number of carboxylic acids is 1. The SMILES string of the molecule is CN(C)c1nc(Cc2ccc(NC(=O)c3ccc(C(F)(F)F)cc3)cc2)n2ccnc2c1CC(=O)O. The highest BCUT2D eigenvalue weighted by atomic mass is 19.4. The van der Waals surface area contributed by atoms with E-state index in [4.69, 9.17) is 4.98 Å². The smallest absolute Gasteiger partial charge is 0.416 e. The van der Waals surface area contributed by atoms with Gasteiger partial charge in [0, 0.05) is 49.7 Å². The molecule has 0 bridgehead atoms. The number of nitrogens with one attached hydrogen (secondary N) is 1. The molecule has 0 aliphatic rings. The lowest BCUT2D eigenvalue weighted by atomic mass is 10.1. The van der Waals surface area contributed by atoms with Crippen LogP contribution in [0.15, 0.2) is 60.9 Å². The highest BCUT2D eigenvalue weighted by molar-refractivity contribution is 6.04. The summed E-state index contributed by atoms with van der Waals surface area (Å²) < 4.78 is 39.9. The molecule has 2 aromatic carbocycles. The topological polar surface area (TPSA) is 99.8 Å². The highest BCUT2D eigenvalue weighted by Crippen LogP contribution is 2.29. The van der Waals surface area contributed by atoms with Gasteiger partial charge in [0.05, 0.1) is 12.0 Å². The summed E-state index contributed by atoms with van der Waals surface area (Å²) >= 11 is 0. The van der Waals surface area contributed by atoms with E-state index in [0.717, 1.165) is 29.8 Å². The summed E-state index contributed by atoms with van der Waals surface area (Å²) in [5, 5.41) is 12.0. The third kappa shape index (κ3) is 5.29. The van der Waals surface area contributed by atoms with Crippen molar-refractivity contribution in [2.24, 2.45) is 0 Å². The minimum Gasteiger partial charge on any atom is -0.481 e. The summed E-state index contributed by atoms with van der Waals surface area (Å²) in [6.07, 6.45) is -0.957. The second kappa shape index (κ2) is 9.68. The van der Waals surface area contributed by atoms with Crippen molar-refractivity contribution >= 4 is 29.0 Å². The molecular weight excluding hydrogens is 475 g/mol. The van der Waals surface area contributed by atoms with Crippen LogP contribution in [-0.2, 0) is 23.8 Å². The third-order valence-electron chi connectivity index (χ3n) is 5.49. The van der Waals surface area contributed by atoms with E-state index in [2.05, 4.69) is 10.3 Å². The fourth-order valence-corrected chi connectivity index (χ4v) is 3.78. The van der Waals surface area contributed by atoms with E-state index in [0.29, 0.717) is 35.0 Å². The molecule has 8 nitrogen and oxygen atoms in total. The molecule has 2 aromatic heterocycles. The molecule has 0 unspecified atom stereocenters. The van der Waals surface area contributed by atoms with Gasteiger partial charge in [0.2, 0.25) is 0 Å². The quantitative estimate of drug-likeness (QED) is 0.395. The zero-order chi connectivity index (χ0) is 26.0. The van der Waals surface area contributed by atoms with Gasteiger partial charge in [0.15, 0.2) is 0 Å². The molecule has 186 valence electrons. The van der Waals surface area contributed by atoms with Crippen LogP contribution in [0.3, 0.4) is 0 Å². The Morgan fingerprint density at radius 1 is 1.06 bits per heavy atom. The number of anilines is 2. The van der Waals surface area contributed by atoms with Crippen LogP contribution in [0.5, 0.6) is 0 Å². The number of halogens is 3. The van der Waals surface area contributed by atoms with E-state index in [1.807, 2.05) is 0 Å². The Morgan fingerprint density at radius 3 is 2.31 bits per heavy atom. The zero-order valence-electron chi connectivity index (χ0n) is 19.4. The molecule has 11 heteroatoms. The van der Waals surface area contributed by atoms with Gasteiger partial charge in [-0.1, -0.05) is 12.1 Å². The van der Waals surface area contributed by atoms with Crippen molar-refractivity contribution < 1.29 is 27.9 Å². The summed E-state index contributed by atoms with van der Waals surface area (Å²) in [4.78, 5) is 34.6. The number of alkyl halides is 3. The lowest BCUT2D eigenvalue weighted by Gasteiger charge is -2.18. The van der Waals surface area contributed by atoms with Gasteiger partial charge >= 0.3 is 12.1 Å². The number of hydrogen-bond acceptors (Lipinski definition) is 5. The molecule has 0 saturated carbocycles. The molecule has 2 heterocycles. The number of benzene rings is 2. The van der Waals surface area contributed by atoms with Crippen molar-refractivity contribution in [2.45, 2.75) is 19.0 Å². The number of nitrogens with zero attached hydrogens (tertiary/aromatic N) is 4. The predicted octanol–water partition coefficient (Wildman–Crippen LogP) is 4.28. The molecule has 4 rings (SSSR count). The summed E-state index contributed by atoms with van der Waals surface area (Å²) in [5.41, 5.74) is 1.68. The average molecular weight is 497 g/mol. The van der Waals surface area contributed by atoms with Crippen LogP contribution in [0.1, 0.15) is 32.9 Å². The van der Waals surface area contributed by atoms with Gasteiger partial charge < -0.3 is 15.3 Å². The van der Waals surface area contributed by atoms with Gasteiger partial charge in [0.25, 0.3) is 5.91 Å². The molecule has 0 saturated heterocycles. The monoisotopic (exact) mass is 497 g/mol. The van der Waals surface area contributed by atoms with Crippen molar-refractivity contribution in [3.8, 4) is 0 Å². The molecule has 2 N–H and O–H groups in total. The van der Waals surface area contributed by atoms with Crippen molar-refractivity contribution in [3.63, 3.8) is 0 Å². The Morgan fingerprint density at radius 2 is 1.72 bits per heavy atom. The van der Waals surface area contributed by atoms with Crippen molar-refractivity contribution in [1.82, 2.24) is 14.4 Å². The first-order valence-electron chi connectivity index (χ1n) is 10.8. The van der Waals surface area contributed by atoms with Crippen LogP contribution >= 0.6 is 0 Å². The lowest BCUT2D eigenvalue weighted by molar-refractivity contribution is -0.138. The average Bonchev–Trinajstić information content (AvgIpc) is 3.31. The molecule has 36 heavy (non-hydrogen) atoms. The fraction of sp³-hybridized carbons (Fsp3) is 0.200. The number of fused-ring (bicyclic) bond motifs is 1. The number of aromatic nitrogens is 3. The maximum Gasteiger partial charge on any atom is 0.416 e. The normalized spacial score (nSPS) is 11.5. The lowest BCUT2D eigenvalue weighted by Crippen LogP contribution is -2.19. The number of hydrogen-bond donors (Lipinski definition) is 2. The van der Waals surface area contributed by atoms with Crippen LogP contribution in [-0.4, -0.2) is 45.4 Å². The predicted molar refractivity (Wildman–Crippen MR) is 127 cm³/mol. The molecule has 0 atom stereocenters. The van der Waals surface area contributed by atoms with Crippen LogP contribution in [0.2, 0.25) is 0 Å². The first-order chi connectivity index (χ1) is 17.0. The van der Waals surface area contributed by atoms with Crippen molar-refractivity contribution in [3.05, 3.63) is 89.0 Å². The number of rotatable bonds is 7. The maximum atomic E-state index is 12.7. The second-order valence-corrected chi connectivity index (χ2v) is 8.32. The Balaban J connectivity index is 1.53. The fourth-order valence-electron chi connectivity index (χ4n) is 3.78. The van der Waals surface area contributed by atoms with Crippen LogP contribution in [0, 0.1) is 0 Å². The van der Waals surface area contributed by atoms with E-state index >= 15 is 0 Å². The molecule has 0 aliphatic heterocycles. The van der Waals surface area contributed by atoms with E-state index in [-0.39, 0.29) is 12.0 Å². The number of aliphatic carboxylic acids is 1. The summed E-state index contributed by atoms with van der Waals surface area (Å²) in [6, 6.07) is 11.0. The van der Waals surface area contributed by atoms with Gasteiger partial charge in [0.1, 0.15) is 17.3 Å².